The molecule has 0 radical (unpaired) electrons. The Morgan fingerprint density at radius 1 is 0.933 bits per heavy atom. The third-order valence-corrected chi connectivity index (χ3v) is 4.01. The first-order valence-corrected chi connectivity index (χ1v) is 14.4. The SMILES string of the molecule is C[SiH2]OCC(O[Si](C)(C)C)O[Si](C)(C)C. The van der Waals surface area contributed by atoms with Gasteiger partial charge in [0.25, 0.3) is 0 Å². The van der Waals surface area contributed by atoms with E-state index >= 15 is 0 Å². The molecule has 15 heavy (non-hydrogen) atoms. The van der Waals surface area contributed by atoms with Crippen LogP contribution in [0.4, 0.5) is 0 Å². The van der Waals surface area contributed by atoms with Crippen molar-refractivity contribution < 1.29 is 13.3 Å². The second-order valence-electron chi connectivity index (χ2n) is 5.55. The van der Waals surface area contributed by atoms with Crippen LogP contribution in [0.15, 0.2) is 0 Å². The van der Waals surface area contributed by atoms with Gasteiger partial charge >= 0.3 is 0 Å². The Balaban J connectivity index is 4.19. The van der Waals surface area contributed by atoms with E-state index in [9.17, 15) is 0 Å². The molecule has 0 aliphatic heterocycles. The molecule has 0 aliphatic rings. The van der Waals surface area contributed by atoms with Gasteiger partial charge in [-0.25, -0.2) is 0 Å². The minimum absolute atomic E-state index is 0.143. The molecule has 0 aromatic heterocycles. The van der Waals surface area contributed by atoms with Gasteiger partial charge in [-0.3, -0.25) is 0 Å². The van der Waals surface area contributed by atoms with Crippen LogP contribution in [0.1, 0.15) is 0 Å². The van der Waals surface area contributed by atoms with E-state index < -0.39 is 16.6 Å². The van der Waals surface area contributed by atoms with E-state index in [1.165, 1.54) is 0 Å². The fourth-order valence-corrected chi connectivity index (χ4v) is 3.43. The molecule has 0 aromatic rings. The summed E-state index contributed by atoms with van der Waals surface area (Å²) in [6, 6.07) is 0. The van der Waals surface area contributed by atoms with Crippen LogP contribution >= 0.6 is 0 Å². The fourth-order valence-electron chi connectivity index (χ4n) is 1.09. The summed E-state index contributed by atoms with van der Waals surface area (Å²) in [4.78, 5) is 0. The van der Waals surface area contributed by atoms with Crippen LogP contribution in [-0.2, 0) is 13.3 Å². The average Bonchev–Trinajstić information content (AvgIpc) is 1.94. The van der Waals surface area contributed by atoms with Gasteiger partial charge in [-0.1, -0.05) is 6.55 Å². The lowest BCUT2D eigenvalue weighted by Gasteiger charge is -2.31. The Labute approximate surface area is 98.7 Å². The predicted octanol–water partition coefficient (Wildman–Crippen LogP) is 2.16. The van der Waals surface area contributed by atoms with Crippen molar-refractivity contribution in [2.45, 2.75) is 52.1 Å². The summed E-state index contributed by atoms with van der Waals surface area (Å²) in [7, 11) is -3.44. The molecule has 92 valence electrons. The number of rotatable bonds is 7. The molecular weight excluding hydrogens is 240 g/mol. The molecule has 0 fully saturated rings. The van der Waals surface area contributed by atoms with Gasteiger partial charge in [0.2, 0.25) is 0 Å². The molecule has 0 N–H and O–H groups in total. The van der Waals surface area contributed by atoms with Gasteiger partial charge < -0.3 is 13.3 Å². The van der Waals surface area contributed by atoms with Crippen molar-refractivity contribution in [3.05, 3.63) is 0 Å². The highest BCUT2D eigenvalue weighted by molar-refractivity contribution is 6.70. The van der Waals surface area contributed by atoms with Crippen molar-refractivity contribution in [3.63, 3.8) is 0 Å². The zero-order valence-electron chi connectivity index (χ0n) is 11.2. The summed E-state index contributed by atoms with van der Waals surface area (Å²) in [6.45, 7) is 15.8. The Morgan fingerprint density at radius 3 is 1.60 bits per heavy atom. The molecule has 0 atom stereocenters. The first-order chi connectivity index (χ1) is 6.64. The van der Waals surface area contributed by atoms with Gasteiger partial charge in [-0.05, 0) is 39.3 Å². The minimum atomic E-state index is -1.54. The first-order valence-electron chi connectivity index (χ1n) is 5.57. The van der Waals surface area contributed by atoms with Gasteiger partial charge in [0, 0.05) is 0 Å². The average molecular weight is 267 g/mol. The molecule has 3 nitrogen and oxygen atoms in total. The van der Waals surface area contributed by atoms with Crippen LogP contribution in [0.25, 0.3) is 0 Å². The molecule has 0 bridgehead atoms. The monoisotopic (exact) mass is 266 g/mol. The zero-order chi connectivity index (χ0) is 12.1. The number of hydrogen-bond donors (Lipinski definition) is 0. The maximum absolute atomic E-state index is 5.96. The Hall–Kier alpha value is 0.531. The summed E-state index contributed by atoms with van der Waals surface area (Å²) >= 11 is 0. The standard InChI is InChI=1S/C9H26O3Si3/c1-13-10-8-9(11-14(2,3)4)12-15(5,6)7/h9H,8,13H2,1-7H3. The van der Waals surface area contributed by atoms with Crippen molar-refractivity contribution in [2.75, 3.05) is 6.61 Å². The highest BCUT2D eigenvalue weighted by Gasteiger charge is 2.26. The van der Waals surface area contributed by atoms with Gasteiger partial charge in [0.1, 0.15) is 0 Å². The predicted molar refractivity (Wildman–Crippen MR) is 73.0 cm³/mol. The van der Waals surface area contributed by atoms with Gasteiger partial charge in [-0.2, -0.15) is 0 Å². The molecule has 0 spiro atoms. The summed E-state index contributed by atoms with van der Waals surface area (Å²) < 4.78 is 17.4. The van der Waals surface area contributed by atoms with Crippen LogP contribution < -0.4 is 0 Å². The molecule has 0 unspecified atom stereocenters. The van der Waals surface area contributed by atoms with Gasteiger partial charge in [0.15, 0.2) is 32.7 Å². The van der Waals surface area contributed by atoms with Crippen LogP contribution in [0.2, 0.25) is 45.8 Å². The maximum Gasteiger partial charge on any atom is 0.187 e. The lowest BCUT2D eigenvalue weighted by molar-refractivity contribution is -0.0388. The van der Waals surface area contributed by atoms with Crippen LogP contribution in [0.3, 0.4) is 0 Å². The lowest BCUT2D eigenvalue weighted by Crippen LogP contribution is -2.42. The van der Waals surface area contributed by atoms with Gasteiger partial charge in [-0.15, -0.1) is 0 Å². The quantitative estimate of drug-likeness (QED) is 0.522. The van der Waals surface area contributed by atoms with E-state index in [1.807, 2.05) is 0 Å². The Morgan fingerprint density at radius 2 is 1.33 bits per heavy atom. The second kappa shape index (κ2) is 6.31. The molecule has 0 heterocycles. The van der Waals surface area contributed by atoms with E-state index in [1.54, 1.807) is 0 Å². The smallest absolute Gasteiger partial charge is 0.187 e. The number of hydrogen-bond acceptors (Lipinski definition) is 3. The van der Waals surface area contributed by atoms with Crippen molar-refractivity contribution in [1.82, 2.24) is 0 Å². The summed E-state index contributed by atoms with van der Waals surface area (Å²) in [6.07, 6.45) is -0.143. The molecular formula is C9H26O3Si3. The maximum atomic E-state index is 5.96. The summed E-state index contributed by atoms with van der Waals surface area (Å²) in [5.41, 5.74) is 0. The van der Waals surface area contributed by atoms with Crippen molar-refractivity contribution in [2.24, 2.45) is 0 Å². The first kappa shape index (κ1) is 15.5. The third kappa shape index (κ3) is 10.8. The van der Waals surface area contributed by atoms with Crippen LogP contribution in [0.5, 0.6) is 0 Å². The van der Waals surface area contributed by atoms with Crippen molar-refractivity contribution in [1.29, 1.82) is 0 Å². The highest BCUT2D eigenvalue weighted by atomic mass is 28.4. The molecule has 0 rings (SSSR count). The van der Waals surface area contributed by atoms with Crippen LogP contribution in [0, 0.1) is 0 Å². The Bertz CT molecular complexity index is 158. The molecule has 0 amide bonds. The van der Waals surface area contributed by atoms with Crippen molar-refractivity contribution in [3.8, 4) is 0 Å². The van der Waals surface area contributed by atoms with Crippen LogP contribution in [-0.4, -0.2) is 39.3 Å². The highest BCUT2D eigenvalue weighted by Crippen LogP contribution is 2.14. The van der Waals surface area contributed by atoms with E-state index in [4.69, 9.17) is 13.3 Å². The zero-order valence-corrected chi connectivity index (χ0v) is 14.6. The molecule has 6 heteroatoms. The van der Waals surface area contributed by atoms with E-state index in [0.717, 1.165) is 0 Å². The largest absolute Gasteiger partial charge is 0.419 e. The van der Waals surface area contributed by atoms with Gasteiger partial charge in [0.05, 0.1) is 6.61 Å². The molecule has 0 aromatic carbocycles. The lowest BCUT2D eigenvalue weighted by atomic mass is 10.7. The summed E-state index contributed by atoms with van der Waals surface area (Å²) in [5, 5.41) is 0. The van der Waals surface area contributed by atoms with E-state index in [-0.39, 0.29) is 16.1 Å². The van der Waals surface area contributed by atoms with E-state index in [0.29, 0.717) is 6.61 Å². The summed E-state index contributed by atoms with van der Waals surface area (Å²) in [5.74, 6) is 0. The molecule has 0 aliphatic carbocycles. The normalized spacial score (nSPS) is 14.4. The second-order valence-corrected chi connectivity index (χ2v) is 15.5. The van der Waals surface area contributed by atoms with Crippen molar-refractivity contribution >= 4 is 26.4 Å². The topological polar surface area (TPSA) is 27.7 Å². The molecule has 0 saturated heterocycles. The Kier molecular flexibility index (Phi) is 6.53. The van der Waals surface area contributed by atoms with E-state index in [2.05, 4.69) is 45.8 Å². The fraction of sp³-hybridized carbons (Fsp3) is 1.00. The minimum Gasteiger partial charge on any atom is -0.419 e. The molecule has 0 saturated carbocycles. The third-order valence-electron chi connectivity index (χ3n) is 1.43.